The first kappa shape index (κ1) is 6.27. The van der Waals surface area contributed by atoms with Gasteiger partial charge in [0.25, 0.3) is 0 Å². The highest BCUT2D eigenvalue weighted by Gasteiger charge is 1.72. The maximum absolute atomic E-state index is 4.68. The zero-order valence-electron chi connectivity index (χ0n) is 3.93. The lowest BCUT2D eigenvalue weighted by Crippen LogP contribution is -1.85. The van der Waals surface area contributed by atoms with Crippen molar-refractivity contribution in [1.82, 2.24) is 0 Å². The molecule has 0 spiro atoms. The highest BCUT2D eigenvalue weighted by molar-refractivity contribution is 7.93. The second kappa shape index (κ2) is 5.27. The molecule has 0 aromatic heterocycles. The molecule has 0 fully saturated rings. The van der Waals surface area contributed by atoms with E-state index in [9.17, 15) is 0 Å². The number of rotatable bonds is 3. The molecule has 0 heterocycles. The van der Waals surface area contributed by atoms with Crippen LogP contribution in [0.1, 0.15) is 0 Å². The summed E-state index contributed by atoms with van der Waals surface area (Å²) in [5.41, 5.74) is 0. The second-order valence-electron chi connectivity index (χ2n) is 0.691. The van der Waals surface area contributed by atoms with Crippen LogP contribution < -0.4 is 0 Å². The average molecular weight is 108 g/mol. The first-order valence-corrected chi connectivity index (χ1v) is 2.71. The molecule has 0 aliphatic heterocycles. The number of methoxy groups -OCH3 is 1. The van der Waals surface area contributed by atoms with Gasteiger partial charge < -0.3 is 4.74 Å². The van der Waals surface area contributed by atoms with Gasteiger partial charge in [0.15, 0.2) is 6.79 Å². The third-order valence-electron chi connectivity index (χ3n) is 0.284. The lowest BCUT2D eigenvalue weighted by molar-refractivity contribution is 0.0674. The maximum Gasteiger partial charge on any atom is 0.159 e. The summed E-state index contributed by atoms with van der Waals surface area (Å²) in [4.78, 5) is 0. The molecule has 0 rings (SSSR count). The fraction of sp³-hybridized carbons (Fsp3) is 1.00. The van der Waals surface area contributed by atoms with E-state index in [-0.39, 0.29) is 0 Å². The molecule has 0 saturated heterocycles. The van der Waals surface area contributed by atoms with E-state index in [0.29, 0.717) is 6.79 Å². The minimum Gasteiger partial charge on any atom is -0.358 e. The summed E-state index contributed by atoms with van der Waals surface area (Å²) >= 11 is 1.30. The van der Waals surface area contributed by atoms with Crippen molar-refractivity contribution in [1.29, 1.82) is 0 Å². The van der Waals surface area contributed by atoms with Gasteiger partial charge in [-0.05, 0) is 12.0 Å². The Morgan fingerprint density at radius 3 is 2.50 bits per heavy atom. The zero-order chi connectivity index (χ0) is 4.83. The SMILES string of the molecule is COCOSC. The third kappa shape index (κ3) is 4.27. The van der Waals surface area contributed by atoms with E-state index in [1.165, 1.54) is 12.0 Å². The standard InChI is InChI=1S/C3H8O2S/c1-4-3-5-6-2/h3H2,1-2H3. The maximum atomic E-state index is 4.68. The molecule has 0 aromatic carbocycles. The Hall–Kier alpha value is 0.270. The van der Waals surface area contributed by atoms with Crippen LogP contribution in [0.4, 0.5) is 0 Å². The van der Waals surface area contributed by atoms with Crippen molar-refractivity contribution in [2.24, 2.45) is 0 Å². The zero-order valence-corrected chi connectivity index (χ0v) is 4.75. The number of hydrogen-bond donors (Lipinski definition) is 0. The van der Waals surface area contributed by atoms with Crippen molar-refractivity contribution >= 4 is 12.0 Å². The molecule has 0 aliphatic rings. The van der Waals surface area contributed by atoms with Crippen LogP contribution in [0.5, 0.6) is 0 Å². The molecule has 0 atom stereocenters. The quantitative estimate of drug-likeness (QED) is 0.304. The largest absolute Gasteiger partial charge is 0.358 e. The van der Waals surface area contributed by atoms with Crippen LogP contribution in [-0.2, 0) is 8.92 Å². The van der Waals surface area contributed by atoms with Crippen LogP contribution in [0.2, 0.25) is 0 Å². The highest BCUT2D eigenvalue weighted by atomic mass is 32.2. The van der Waals surface area contributed by atoms with Crippen molar-refractivity contribution in [3.05, 3.63) is 0 Å². The van der Waals surface area contributed by atoms with E-state index in [1.54, 1.807) is 7.11 Å². The van der Waals surface area contributed by atoms with Crippen LogP contribution in [0.3, 0.4) is 0 Å². The van der Waals surface area contributed by atoms with Gasteiger partial charge in [-0.3, -0.25) is 4.18 Å². The van der Waals surface area contributed by atoms with Gasteiger partial charge in [-0.25, -0.2) is 0 Å². The summed E-state index contributed by atoms with van der Waals surface area (Å²) in [6, 6.07) is 0. The van der Waals surface area contributed by atoms with E-state index < -0.39 is 0 Å². The molecule has 0 radical (unpaired) electrons. The Labute approximate surface area is 42.0 Å². The summed E-state index contributed by atoms with van der Waals surface area (Å²) in [5.74, 6) is 0. The van der Waals surface area contributed by atoms with Gasteiger partial charge in [0.05, 0.1) is 0 Å². The molecule has 0 N–H and O–H groups in total. The lowest BCUT2D eigenvalue weighted by Gasteiger charge is -1.91. The molecule has 0 unspecified atom stereocenters. The van der Waals surface area contributed by atoms with Crippen LogP contribution in [0.15, 0.2) is 0 Å². The van der Waals surface area contributed by atoms with Crippen LogP contribution in [-0.4, -0.2) is 20.2 Å². The molecule has 0 bridgehead atoms. The van der Waals surface area contributed by atoms with Crippen molar-refractivity contribution < 1.29 is 8.92 Å². The van der Waals surface area contributed by atoms with Gasteiger partial charge in [-0.15, -0.1) is 0 Å². The van der Waals surface area contributed by atoms with Crippen LogP contribution >= 0.6 is 12.0 Å². The minimum absolute atomic E-state index is 0.376. The molecule has 0 aliphatic carbocycles. The van der Waals surface area contributed by atoms with Gasteiger partial charge in [-0.2, -0.15) is 0 Å². The van der Waals surface area contributed by atoms with Crippen molar-refractivity contribution in [3.63, 3.8) is 0 Å². The summed E-state index contributed by atoms with van der Waals surface area (Å²) in [5, 5.41) is 0. The van der Waals surface area contributed by atoms with Crippen LogP contribution in [0, 0.1) is 0 Å². The van der Waals surface area contributed by atoms with Gasteiger partial charge in [0.1, 0.15) is 0 Å². The highest BCUT2D eigenvalue weighted by Crippen LogP contribution is 1.91. The Morgan fingerprint density at radius 2 is 2.33 bits per heavy atom. The monoisotopic (exact) mass is 108 g/mol. The molecule has 6 heavy (non-hydrogen) atoms. The molecule has 0 aromatic rings. The number of ether oxygens (including phenoxy) is 1. The molecule has 0 saturated carbocycles. The van der Waals surface area contributed by atoms with Gasteiger partial charge in [0.2, 0.25) is 0 Å². The molecule has 0 amide bonds. The molecule has 3 heteroatoms. The first-order valence-electron chi connectivity index (χ1n) is 1.56. The fourth-order valence-corrected chi connectivity index (χ4v) is 0.289. The van der Waals surface area contributed by atoms with E-state index in [2.05, 4.69) is 8.92 Å². The Morgan fingerprint density at radius 1 is 1.67 bits per heavy atom. The van der Waals surface area contributed by atoms with E-state index in [1.807, 2.05) is 6.26 Å². The van der Waals surface area contributed by atoms with Crippen molar-refractivity contribution in [3.8, 4) is 0 Å². The van der Waals surface area contributed by atoms with E-state index in [4.69, 9.17) is 0 Å². The molecular weight excluding hydrogens is 100 g/mol. The molecular formula is C3H8O2S. The Bertz CT molecular complexity index is 20.8. The second-order valence-corrected chi connectivity index (χ2v) is 1.26. The lowest BCUT2D eigenvalue weighted by atomic mass is 11.4. The van der Waals surface area contributed by atoms with Crippen molar-refractivity contribution in [2.45, 2.75) is 0 Å². The topological polar surface area (TPSA) is 18.5 Å². The van der Waals surface area contributed by atoms with Gasteiger partial charge >= 0.3 is 0 Å². The molecule has 2 nitrogen and oxygen atoms in total. The summed E-state index contributed by atoms with van der Waals surface area (Å²) in [6.07, 6.45) is 1.85. The normalized spacial score (nSPS) is 9.00. The average Bonchev–Trinajstić information content (AvgIpc) is 1.61. The van der Waals surface area contributed by atoms with Crippen LogP contribution in [0.25, 0.3) is 0 Å². The minimum atomic E-state index is 0.376. The fourth-order valence-electron chi connectivity index (χ4n) is 0.0962. The summed E-state index contributed by atoms with van der Waals surface area (Å²) in [7, 11) is 1.59. The van der Waals surface area contributed by atoms with Crippen molar-refractivity contribution in [2.75, 3.05) is 20.2 Å². The Kier molecular flexibility index (Phi) is 5.51. The summed E-state index contributed by atoms with van der Waals surface area (Å²) < 4.78 is 9.22. The predicted octanol–water partition coefficient (Wildman–Crippen LogP) is 0.885. The van der Waals surface area contributed by atoms with E-state index in [0.717, 1.165) is 0 Å². The Balaban J connectivity index is 2.34. The predicted molar refractivity (Wildman–Crippen MR) is 26.5 cm³/mol. The molecule has 38 valence electrons. The first-order chi connectivity index (χ1) is 2.91. The smallest absolute Gasteiger partial charge is 0.159 e. The van der Waals surface area contributed by atoms with Gasteiger partial charge in [0, 0.05) is 13.4 Å². The number of hydrogen-bond acceptors (Lipinski definition) is 3. The third-order valence-corrected chi connectivity index (χ3v) is 0.616. The van der Waals surface area contributed by atoms with Gasteiger partial charge in [-0.1, -0.05) is 0 Å². The summed E-state index contributed by atoms with van der Waals surface area (Å²) in [6.45, 7) is 0.376. The van der Waals surface area contributed by atoms with E-state index >= 15 is 0 Å².